The van der Waals surface area contributed by atoms with E-state index in [1.54, 1.807) is 0 Å². The summed E-state index contributed by atoms with van der Waals surface area (Å²) in [6, 6.07) is 23.3. The Hall–Kier alpha value is -4.32. The second kappa shape index (κ2) is 5.61. The minimum Gasteiger partial charge on any atom is -0.421 e. The fourth-order valence-corrected chi connectivity index (χ4v) is 3.91. The van der Waals surface area contributed by atoms with Gasteiger partial charge in [0.05, 0.1) is 0 Å². The molecule has 5 heterocycles. The van der Waals surface area contributed by atoms with E-state index >= 15 is 0 Å². The maximum absolute atomic E-state index is 6.03. The van der Waals surface area contributed by atoms with Gasteiger partial charge in [0.25, 0.3) is 0 Å². The highest BCUT2D eigenvalue weighted by Gasteiger charge is 2.08. The minimum atomic E-state index is 0.459. The Morgan fingerprint density at radius 2 is 0.567 bits per heavy atom. The molecule has 0 fully saturated rings. The topological polar surface area (TPSA) is 77.8 Å². The predicted octanol–water partition coefficient (Wildman–Crippen LogP) is 5.93. The van der Waals surface area contributed by atoms with Crippen molar-refractivity contribution in [1.82, 2.24) is 19.9 Å². The summed E-state index contributed by atoms with van der Waals surface area (Å²) in [6.45, 7) is 0. The van der Waals surface area contributed by atoms with E-state index in [0.717, 1.165) is 43.6 Å². The quantitative estimate of drug-likeness (QED) is 0.300. The van der Waals surface area contributed by atoms with Gasteiger partial charge < -0.3 is 8.83 Å². The van der Waals surface area contributed by atoms with Crippen LogP contribution in [-0.4, -0.2) is 19.9 Å². The Bertz CT molecular complexity index is 1550. The van der Waals surface area contributed by atoms with Crippen molar-refractivity contribution < 1.29 is 8.83 Å². The van der Waals surface area contributed by atoms with E-state index in [1.165, 1.54) is 0 Å². The van der Waals surface area contributed by atoms with Crippen molar-refractivity contribution in [2.75, 3.05) is 0 Å². The summed E-state index contributed by atoms with van der Waals surface area (Å²) in [5.41, 5.74) is 4.83. The smallest absolute Gasteiger partial charge is 0.221 e. The van der Waals surface area contributed by atoms with Gasteiger partial charge in [-0.25, -0.2) is 19.9 Å². The maximum Gasteiger partial charge on any atom is 0.221 e. The molecule has 0 aliphatic carbocycles. The van der Waals surface area contributed by atoms with Crippen LogP contribution in [0.4, 0.5) is 0 Å². The monoisotopic (exact) mass is 388 g/mol. The number of pyridine rings is 4. The van der Waals surface area contributed by atoms with Gasteiger partial charge in [-0.05, 0) is 24.3 Å². The van der Waals surface area contributed by atoms with Gasteiger partial charge in [-0.1, -0.05) is 24.3 Å². The summed E-state index contributed by atoms with van der Waals surface area (Å²) in [5.74, 6) is 0. The molecule has 2 aromatic carbocycles. The molecule has 30 heavy (non-hydrogen) atoms. The van der Waals surface area contributed by atoms with Gasteiger partial charge in [-0.3, -0.25) is 0 Å². The number of aromatic nitrogens is 4. The van der Waals surface area contributed by atoms with E-state index in [4.69, 9.17) is 28.8 Å². The first-order valence-corrected chi connectivity index (χ1v) is 9.57. The molecule has 0 unspecified atom stereocenters. The van der Waals surface area contributed by atoms with Crippen LogP contribution in [0.15, 0.2) is 81.6 Å². The van der Waals surface area contributed by atoms with Crippen LogP contribution < -0.4 is 0 Å². The highest BCUT2D eigenvalue weighted by molar-refractivity contribution is 6.05. The van der Waals surface area contributed by atoms with Crippen molar-refractivity contribution in [3.05, 3.63) is 72.8 Å². The van der Waals surface area contributed by atoms with Crippen LogP contribution in [0.25, 0.3) is 66.5 Å². The van der Waals surface area contributed by atoms with Gasteiger partial charge in [0.1, 0.15) is 22.1 Å². The Kier molecular flexibility index (Phi) is 2.91. The van der Waals surface area contributed by atoms with Gasteiger partial charge in [0, 0.05) is 45.8 Å². The van der Waals surface area contributed by atoms with E-state index in [-0.39, 0.29) is 0 Å². The van der Waals surface area contributed by atoms with Crippen molar-refractivity contribution >= 4 is 66.5 Å². The third-order valence-electron chi connectivity index (χ3n) is 5.36. The molecule has 0 N–H and O–H groups in total. The standard InChI is InChI=1S/C24H12N4O2/c1-2-14-6-10-18-26-22(14)21-13(1)5-9-17(25-21)29-19-11-7-15-3-4-16-8-12-20(30-18)28-24(16)23(15)27-19/h1-12H. The Labute approximate surface area is 168 Å². The number of nitrogens with zero attached hydrogens (tertiary/aromatic N) is 4. The third-order valence-corrected chi connectivity index (χ3v) is 5.36. The minimum absolute atomic E-state index is 0.459. The molecule has 6 nitrogen and oxygen atoms in total. The van der Waals surface area contributed by atoms with E-state index in [9.17, 15) is 0 Å². The lowest BCUT2D eigenvalue weighted by atomic mass is 10.1. The summed E-state index contributed by atoms with van der Waals surface area (Å²) in [6.07, 6.45) is 0. The molecule has 7 rings (SSSR count). The first-order valence-electron chi connectivity index (χ1n) is 9.57. The van der Waals surface area contributed by atoms with Crippen molar-refractivity contribution in [2.45, 2.75) is 0 Å². The second-order valence-corrected chi connectivity index (χ2v) is 7.22. The molecule has 5 aromatic heterocycles. The molecule has 0 spiro atoms. The predicted molar refractivity (Wildman–Crippen MR) is 116 cm³/mol. The lowest BCUT2D eigenvalue weighted by Gasteiger charge is -2.04. The zero-order valence-corrected chi connectivity index (χ0v) is 15.5. The molecular formula is C24H12N4O2. The molecule has 8 bridgehead atoms. The Balaban J connectivity index is 1.78. The van der Waals surface area contributed by atoms with Crippen molar-refractivity contribution in [3.8, 4) is 0 Å². The van der Waals surface area contributed by atoms with Crippen LogP contribution in [0.1, 0.15) is 0 Å². The van der Waals surface area contributed by atoms with Crippen LogP contribution in [0.2, 0.25) is 0 Å². The van der Waals surface area contributed by atoms with Crippen LogP contribution in [0.3, 0.4) is 0 Å². The number of hydrogen-bond donors (Lipinski definition) is 0. The summed E-state index contributed by atoms with van der Waals surface area (Å²) >= 11 is 0. The molecule has 0 saturated carbocycles. The SMILES string of the molecule is c1cc2ccc3ccc4nc3c2nc1oc1ccc2ccc3ccc(nc3c2n1)o4. The van der Waals surface area contributed by atoms with Crippen LogP contribution in [-0.2, 0) is 0 Å². The molecular weight excluding hydrogens is 376 g/mol. The van der Waals surface area contributed by atoms with Gasteiger partial charge in [-0.2, -0.15) is 0 Å². The lowest BCUT2D eigenvalue weighted by Crippen LogP contribution is -1.88. The molecule has 0 radical (unpaired) electrons. The molecule has 0 atom stereocenters. The van der Waals surface area contributed by atoms with Crippen LogP contribution in [0, 0.1) is 0 Å². The number of rotatable bonds is 0. The van der Waals surface area contributed by atoms with Crippen LogP contribution in [0.5, 0.6) is 0 Å². The van der Waals surface area contributed by atoms with E-state index in [1.807, 2.05) is 72.8 Å². The number of hydrogen-bond acceptors (Lipinski definition) is 6. The average molecular weight is 388 g/mol. The zero-order chi connectivity index (χ0) is 19.7. The fourth-order valence-electron chi connectivity index (χ4n) is 3.91. The Morgan fingerprint density at radius 1 is 0.333 bits per heavy atom. The van der Waals surface area contributed by atoms with Gasteiger partial charge in [0.15, 0.2) is 0 Å². The molecule has 0 aliphatic heterocycles. The van der Waals surface area contributed by atoms with E-state index in [2.05, 4.69) is 0 Å². The van der Waals surface area contributed by atoms with Crippen LogP contribution >= 0.6 is 0 Å². The van der Waals surface area contributed by atoms with Gasteiger partial charge >= 0.3 is 0 Å². The van der Waals surface area contributed by atoms with Gasteiger partial charge in [0.2, 0.25) is 22.9 Å². The first-order chi connectivity index (χ1) is 14.8. The highest BCUT2D eigenvalue weighted by Crippen LogP contribution is 2.26. The first kappa shape index (κ1) is 15.6. The maximum atomic E-state index is 6.03. The second-order valence-electron chi connectivity index (χ2n) is 7.22. The molecule has 0 saturated heterocycles. The van der Waals surface area contributed by atoms with Crippen molar-refractivity contribution in [1.29, 1.82) is 0 Å². The zero-order valence-electron chi connectivity index (χ0n) is 15.5. The summed E-state index contributed by atoms with van der Waals surface area (Å²) in [5, 5.41) is 3.89. The third kappa shape index (κ3) is 2.24. The van der Waals surface area contributed by atoms with Crippen molar-refractivity contribution in [3.63, 3.8) is 0 Å². The summed E-state index contributed by atoms with van der Waals surface area (Å²) in [4.78, 5) is 18.9. The normalized spacial score (nSPS) is 12.0. The molecule has 7 aromatic rings. The molecule has 0 amide bonds. The molecule has 140 valence electrons. The van der Waals surface area contributed by atoms with Crippen molar-refractivity contribution in [2.24, 2.45) is 0 Å². The van der Waals surface area contributed by atoms with E-state index < -0.39 is 0 Å². The molecule has 6 heteroatoms. The Morgan fingerprint density at radius 3 is 0.833 bits per heavy atom. The number of benzene rings is 2. The average Bonchev–Trinajstić information content (AvgIpc) is 2.78. The lowest BCUT2D eigenvalue weighted by molar-refractivity contribution is 0.626. The largest absolute Gasteiger partial charge is 0.421 e. The highest BCUT2D eigenvalue weighted by atomic mass is 16.3. The molecule has 0 aliphatic rings. The summed E-state index contributed by atoms with van der Waals surface area (Å²) < 4.78 is 12.1. The fraction of sp³-hybridized carbons (Fsp3) is 0. The van der Waals surface area contributed by atoms with E-state index in [0.29, 0.717) is 22.9 Å². The summed E-state index contributed by atoms with van der Waals surface area (Å²) in [7, 11) is 0. The number of fused-ring (bicyclic) bond motifs is 4. The van der Waals surface area contributed by atoms with Gasteiger partial charge in [-0.15, -0.1) is 0 Å².